The number of methoxy groups -OCH3 is 1. The van der Waals surface area contributed by atoms with Gasteiger partial charge < -0.3 is 20.4 Å². The highest BCUT2D eigenvalue weighted by Crippen LogP contribution is 2.52. The Morgan fingerprint density at radius 2 is 2.08 bits per heavy atom. The molecule has 0 saturated carbocycles. The van der Waals surface area contributed by atoms with E-state index in [0.717, 1.165) is 38.1 Å². The monoisotopic (exact) mass is 361 g/mol. The van der Waals surface area contributed by atoms with Crippen LogP contribution in [0.5, 0.6) is 0 Å². The molecule has 1 aliphatic heterocycles. The highest BCUT2D eigenvalue weighted by molar-refractivity contribution is 5.25. The molecule has 3 atom stereocenters. The molecule has 1 aliphatic rings. The number of rotatable bonds is 7. The highest BCUT2D eigenvalue weighted by atomic mass is 16.5. The number of nitrogens with two attached hydrogens (primary N) is 1. The molecule has 3 N–H and O–H groups in total. The number of likely N-dealkylation sites (tertiary alicyclic amines) is 1. The van der Waals surface area contributed by atoms with Gasteiger partial charge in [-0.2, -0.15) is 0 Å². The van der Waals surface area contributed by atoms with E-state index in [2.05, 4.69) is 62.4 Å². The minimum Gasteiger partial charge on any atom is -0.502 e. The molecule has 26 heavy (non-hydrogen) atoms. The van der Waals surface area contributed by atoms with Crippen molar-refractivity contribution in [1.82, 2.24) is 9.88 Å². The lowest BCUT2D eigenvalue weighted by atomic mass is 9.68. The first kappa shape index (κ1) is 22.4. The second-order valence-electron chi connectivity index (χ2n) is 7.21. The molecular formula is C22H39N3O. The number of aromatic amines is 1. The molecule has 0 bridgehead atoms. The van der Waals surface area contributed by atoms with Gasteiger partial charge in [0.25, 0.3) is 0 Å². The van der Waals surface area contributed by atoms with Gasteiger partial charge in [0.2, 0.25) is 0 Å². The van der Waals surface area contributed by atoms with E-state index in [-0.39, 0.29) is 5.41 Å². The Morgan fingerprint density at radius 1 is 1.42 bits per heavy atom. The van der Waals surface area contributed by atoms with Crippen LogP contribution in [0.15, 0.2) is 42.4 Å². The molecule has 1 fully saturated rings. The Bertz CT molecular complexity index is 564. The van der Waals surface area contributed by atoms with Gasteiger partial charge in [-0.1, -0.05) is 33.4 Å². The van der Waals surface area contributed by atoms with Crippen molar-refractivity contribution in [2.45, 2.75) is 59.9 Å². The summed E-state index contributed by atoms with van der Waals surface area (Å²) in [4.78, 5) is 5.99. The van der Waals surface area contributed by atoms with Crippen molar-refractivity contribution in [1.29, 1.82) is 0 Å². The Morgan fingerprint density at radius 3 is 2.50 bits per heavy atom. The van der Waals surface area contributed by atoms with E-state index in [9.17, 15) is 0 Å². The molecule has 0 aliphatic carbocycles. The molecule has 0 amide bonds. The largest absolute Gasteiger partial charge is 0.502 e. The van der Waals surface area contributed by atoms with E-state index < -0.39 is 0 Å². The van der Waals surface area contributed by atoms with Gasteiger partial charge in [-0.3, -0.25) is 0 Å². The van der Waals surface area contributed by atoms with Crippen LogP contribution in [0.25, 0.3) is 0 Å². The Hall–Kier alpha value is -1.68. The van der Waals surface area contributed by atoms with Gasteiger partial charge in [-0.05, 0) is 45.4 Å². The molecule has 0 spiro atoms. The van der Waals surface area contributed by atoms with Gasteiger partial charge in [-0.15, -0.1) is 0 Å². The van der Waals surface area contributed by atoms with Crippen LogP contribution in [-0.4, -0.2) is 36.1 Å². The first-order valence-corrected chi connectivity index (χ1v) is 9.90. The molecule has 2 rings (SSSR count). The molecule has 0 radical (unpaired) electrons. The molecule has 148 valence electrons. The quantitative estimate of drug-likeness (QED) is 0.691. The van der Waals surface area contributed by atoms with Gasteiger partial charge in [0.05, 0.1) is 12.9 Å². The zero-order valence-corrected chi connectivity index (χ0v) is 17.6. The minimum absolute atomic E-state index is 0.166. The number of ether oxygens (including phenoxy) is 1. The third kappa shape index (κ3) is 4.73. The van der Waals surface area contributed by atoms with E-state index in [1.165, 1.54) is 11.4 Å². The fourth-order valence-corrected chi connectivity index (χ4v) is 4.54. The fourth-order valence-electron chi connectivity index (χ4n) is 4.54. The van der Waals surface area contributed by atoms with Crippen molar-refractivity contribution >= 4 is 0 Å². The average Bonchev–Trinajstić information content (AvgIpc) is 3.20. The Balaban J connectivity index is 0.00000105. The van der Waals surface area contributed by atoms with E-state index in [4.69, 9.17) is 10.5 Å². The minimum atomic E-state index is 0.166. The van der Waals surface area contributed by atoms with Crippen LogP contribution in [0.2, 0.25) is 0 Å². The van der Waals surface area contributed by atoms with Gasteiger partial charge in [0.15, 0.2) is 0 Å². The van der Waals surface area contributed by atoms with Crippen molar-refractivity contribution in [3.05, 3.63) is 48.1 Å². The standard InChI is InChI=1S/C20H32N2O.C2H7N/c1-7-18-17(13-15(4)23-6)20(5,14-16-11-10-12-21-16)19(8-2)22(18)9-3;1-2-3/h7,10-12,17,19,21H,4,8-9,13-14H2,1-3,5-6H3;2-3H2,1H3/b18-7+;. The summed E-state index contributed by atoms with van der Waals surface area (Å²) in [5, 5.41) is 0. The zero-order chi connectivity index (χ0) is 19.7. The second kappa shape index (κ2) is 10.5. The molecule has 0 aromatic carbocycles. The SMILES string of the molecule is C=C(CC1/C(=C\C)N(CC)C(CC)C1(C)Cc1ccc[nH]1)OC.CCN. The molecule has 1 aromatic heterocycles. The van der Waals surface area contributed by atoms with Crippen LogP contribution in [0.3, 0.4) is 0 Å². The first-order valence-electron chi connectivity index (χ1n) is 9.90. The predicted molar refractivity (Wildman–Crippen MR) is 112 cm³/mol. The maximum atomic E-state index is 5.42. The lowest BCUT2D eigenvalue weighted by Crippen LogP contribution is -2.40. The van der Waals surface area contributed by atoms with E-state index in [1.807, 2.05) is 13.1 Å². The smallest absolute Gasteiger partial charge is 0.0890 e. The highest BCUT2D eigenvalue weighted by Gasteiger charge is 2.52. The number of hydrogen-bond acceptors (Lipinski definition) is 3. The third-order valence-electron chi connectivity index (χ3n) is 5.60. The summed E-state index contributed by atoms with van der Waals surface area (Å²) >= 11 is 0. The summed E-state index contributed by atoms with van der Waals surface area (Å²) in [6.07, 6.45) is 7.40. The van der Waals surface area contributed by atoms with E-state index in [1.54, 1.807) is 7.11 Å². The molecule has 4 nitrogen and oxygen atoms in total. The number of nitrogens with zero attached hydrogens (tertiary/aromatic N) is 1. The summed E-state index contributed by atoms with van der Waals surface area (Å²) in [7, 11) is 1.73. The van der Waals surface area contributed by atoms with Crippen molar-refractivity contribution in [3.63, 3.8) is 0 Å². The summed E-state index contributed by atoms with van der Waals surface area (Å²) in [5.74, 6) is 1.31. The molecule has 2 heterocycles. The fraction of sp³-hybridized carbons (Fsp3) is 0.636. The Labute approximate surface area is 160 Å². The maximum Gasteiger partial charge on any atom is 0.0890 e. The first-order chi connectivity index (χ1) is 12.4. The molecule has 1 aromatic rings. The lowest BCUT2D eigenvalue weighted by Gasteiger charge is -2.37. The maximum absolute atomic E-state index is 5.42. The van der Waals surface area contributed by atoms with Crippen molar-refractivity contribution in [3.8, 4) is 0 Å². The van der Waals surface area contributed by atoms with E-state index in [0.29, 0.717) is 12.0 Å². The van der Waals surface area contributed by atoms with Crippen molar-refractivity contribution in [2.75, 3.05) is 20.2 Å². The summed E-state index contributed by atoms with van der Waals surface area (Å²) in [6.45, 7) is 17.0. The molecule has 3 unspecified atom stereocenters. The molecule has 4 heteroatoms. The van der Waals surface area contributed by atoms with Crippen LogP contribution in [0, 0.1) is 11.3 Å². The van der Waals surface area contributed by atoms with Crippen LogP contribution in [0.1, 0.15) is 53.2 Å². The topological polar surface area (TPSA) is 54.3 Å². The van der Waals surface area contributed by atoms with Crippen LogP contribution >= 0.6 is 0 Å². The Kier molecular flexibility index (Phi) is 9.00. The lowest BCUT2D eigenvalue weighted by molar-refractivity contribution is 0.138. The van der Waals surface area contributed by atoms with Crippen molar-refractivity contribution < 1.29 is 4.74 Å². The summed E-state index contributed by atoms with van der Waals surface area (Å²) in [6, 6.07) is 4.83. The van der Waals surface area contributed by atoms with Gasteiger partial charge >= 0.3 is 0 Å². The van der Waals surface area contributed by atoms with Crippen LogP contribution in [0.4, 0.5) is 0 Å². The van der Waals surface area contributed by atoms with Gasteiger partial charge in [0.1, 0.15) is 0 Å². The number of hydrogen-bond donors (Lipinski definition) is 2. The normalized spacial score (nSPS) is 26.6. The zero-order valence-electron chi connectivity index (χ0n) is 17.6. The second-order valence-corrected chi connectivity index (χ2v) is 7.21. The summed E-state index contributed by atoms with van der Waals surface area (Å²) < 4.78 is 5.42. The van der Waals surface area contributed by atoms with Crippen LogP contribution in [-0.2, 0) is 11.2 Å². The number of nitrogens with one attached hydrogen (secondary N) is 1. The summed E-state index contributed by atoms with van der Waals surface area (Å²) in [5.41, 5.74) is 7.78. The average molecular weight is 362 g/mol. The molecule has 1 saturated heterocycles. The van der Waals surface area contributed by atoms with Crippen molar-refractivity contribution in [2.24, 2.45) is 17.1 Å². The number of allylic oxidation sites excluding steroid dienone is 3. The van der Waals surface area contributed by atoms with Gasteiger partial charge in [0, 0.05) is 47.9 Å². The van der Waals surface area contributed by atoms with Crippen LogP contribution < -0.4 is 5.73 Å². The molecular weight excluding hydrogens is 322 g/mol. The number of H-pyrrole nitrogens is 1. The van der Waals surface area contributed by atoms with E-state index >= 15 is 0 Å². The predicted octanol–water partition coefficient (Wildman–Crippen LogP) is 4.71. The van der Waals surface area contributed by atoms with Gasteiger partial charge in [-0.25, -0.2) is 0 Å². The third-order valence-corrected chi connectivity index (χ3v) is 5.60. The number of aromatic nitrogens is 1.